The number of aryl methyl sites for hydroxylation is 3. The van der Waals surface area contributed by atoms with E-state index in [-0.39, 0.29) is 12.1 Å². The van der Waals surface area contributed by atoms with Gasteiger partial charge in [0.05, 0.1) is 17.8 Å². The van der Waals surface area contributed by atoms with Gasteiger partial charge in [-0.05, 0) is 43.4 Å². The Morgan fingerprint density at radius 2 is 1.81 bits per heavy atom. The highest BCUT2D eigenvalue weighted by Gasteiger charge is 2.33. The zero-order valence-electron chi connectivity index (χ0n) is 18.7. The highest BCUT2D eigenvalue weighted by Crippen LogP contribution is 2.37. The van der Waals surface area contributed by atoms with Crippen LogP contribution in [0.15, 0.2) is 42.6 Å². The lowest BCUT2D eigenvalue weighted by Crippen LogP contribution is -2.26. The van der Waals surface area contributed by atoms with E-state index in [0.29, 0.717) is 24.8 Å². The van der Waals surface area contributed by atoms with Gasteiger partial charge in [-0.3, -0.25) is 0 Å². The van der Waals surface area contributed by atoms with Crippen molar-refractivity contribution in [1.82, 2.24) is 15.0 Å². The second-order valence-electron chi connectivity index (χ2n) is 7.77. The first-order valence-electron chi connectivity index (χ1n) is 11.1. The molecule has 4 rings (SSSR count). The van der Waals surface area contributed by atoms with E-state index in [1.807, 2.05) is 26.0 Å². The standard InChI is InChI=1S/C25H30N4O2/c1-5-19-24(29-23-18-11-9-8-10-17(18)14-21(23)30-7-3)27-20(6-2)25(28-19)31-22-13-12-16(4)15-26-22/h8-13,15,21,23H,5-7,14H2,1-4H3,(H,27,29)/t21-,23+/m0/s1. The number of rotatable bonds is 8. The molecule has 1 N–H and O–H groups in total. The number of anilines is 1. The van der Waals surface area contributed by atoms with Gasteiger partial charge < -0.3 is 14.8 Å². The molecular weight excluding hydrogens is 388 g/mol. The molecular formula is C25H30N4O2. The van der Waals surface area contributed by atoms with Crippen LogP contribution in [0.25, 0.3) is 0 Å². The molecule has 2 atom stereocenters. The zero-order chi connectivity index (χ0) is 21.8. The first kappa shape index (κ1) is 21.2. The predicted molar refractivity (Wildman–Crippen MR) is 122 cm³/mol. The highest BCUT2D eigenvalue weighted by molar-refractivity contribution is 5.50. The molecule has 1 aliphatic carbocycles. The van der Waals surface area contributed by atoms with Crippen molar-refractivity contribution in [3.63, 3.8) is 0 Å². The van der Waals surface area contributed by atoms with E-state index in [9.17, 15) is 0 Å². The van der Waals surface area contributed by atoms with Gasteiger partial charge in [-0.15, -0.1) is 0 Å². The molecule has 0 bridgehead atoms. The number of aromatic nitrogens is 3. The molecule has 0 saturated carbocycles. The molecule has 0 fully saturated rings. The van der Waals surface area contributed by atoms with E-state index < -0.39 is 0 Å². The summed E-state index contributed by atoms with van der Waals surface area (Å²) in [5, 5.41) is 3.65. The maximum atomic E-state index is 6.07. The van der Waals surface area contributed by atoms with Crippen LogP contribution in [0, 0.1) is 6.92 Å². The van der Waals surface area contributed by atoms with Crippen LogP contribution >= 0.6 is 0 Å². The lowest BCUT2D eigenvalue weighted by atomic mass is 10.1. The topological polar surface area (TPSA) is 69.2 Å². The number of pyridine rings is 1. The minimum atomic E-state index is 0.0472. The average Bonchev–Trinajstić information content (AvgIpc) is 3.13. The Kier molecular flexibility index (Phi) is 6.47. The normalized spacial score (nSPS) is 17.4. The summed E-state index contributed by atoms with van der Waals surface area (Å²) in [6, 6.07) is 12.4. The van der Waals surface area contributed by atoms with Crippen molar-refractivity contribution < 1.29 is 9.47 Å². The predicted octanol–water partition coefficient (Wildman–Crippen LogP) is 5.21. The smallest absolute Gasteiger partial charge is 0.243 e. The van der Waals surface area contributed by atoms with Gasteiger partial charge in [-0.2, -0.15) is 0 Å². The van der Waals surface area contributed by atoms with Crippen LogP contribution in [0.3, 0.4) is 0 Å². The van der Waals surface area contributed by atoms with Crippen LogP contribution in [-0.4, -0.2) is 27.7 Å². The van der Waals surface area contributed by atoms with Crippen LogP contribution in [0.4, 0.5) is 5.82 Å². The van der Waals surface area contributed by atoms with Gasteiger partial charge in [0.15, 0.2) is 0 Å². The molecule has 31 heavy (non-hydrogen) atoms. The number of ether oxygens (including phenoxy) is 2. The maximum absolute atomic E-state index is 6.07. The number of nitrogens with zero attached hydrogens (tertiary/aromatic N) is 3. The quantitative estimate of drug-likeness (QED) is 0.541. The number of hydrogen-bond donors (Lipinski definition) is 1. The third kappa shape index (κ3) is 4.54. The number of nitrogens with one attached hydrogen (secondary N) is 1. The number of benzene rings is 1. The summed E-state index contributed by atoms with van der Waals surface area (Å²) in [7, 11) is 0. The van der Waals surface area contributed by atoms with Crippen molar-refractivity contribution in [1.29, 1.82) is 0 Å². The molecule has 2 heterocycles. The van der Waals surface area contributed by atoms with Gasteiger partial charge in [0.2, 0.25) is 11.8 Å². The summed E-state index contributed by atoms with van der Waals surface area (Å²) >= 11 is 0. The van der Waals surface area contributed by atoms with Gasteiger partial charge in [0.25, 0.3) is 0 Å². The van der Waals surface area contributed by atoms with E-state index in [4.69, 9.17) is 19.4 Å². The zero-order valence-corrected chi connectivity index (χ0v) is 18.7. The molecule has 6 nitrogen and oxygen atoms in total. The highest BCUT2D eigenvalue weighted by atomic mass is 16.5. The second-order valence-corrected chi connectivity index (χ2v) is 7.77. The van der Waals surface area contributed by atoms with Crippen molar-refractivity contribution in [2.24, 2.45) is 0 Å². The summed E-state index contributed by atoms with van der Waals surface area (Å²) in [5.74, 6) is 1.85. The van der Waals surface area contributed by atoms with E-state index >= 15 is 0 Å². The van der Waals surface area contributed by atoms with Crippen LogP contribution < -0.4 is 10.1 Å². The first-order valence-corrected chi connectivity index (χ1v) is 11.1. The molecule has 3 aromatic rings. The minimum Gasteiger partial charge on any atom is -0.419 e. The SMILES string of the molecule is CCO[C@H]1Cc2ccccc2[C@H]1Nc1nc(CC)c(Oc2ccc(C)cn2)nc1CC. The molecule has 1 aromatic carbocycles. The summed E-state index contributed by atoms with van der Waals surface area (Å²) in [5.41, 5.74) is 5.36. The minimum absolute atomic E-state index is 0.0472. The average molecular weight is 419 g/mol. The molecule has 0 aliphatic heterocycles. The first-order chi connectivity index (χ1) is 15.1. The van der Waals surface area contributed by atoms with Gasteiger partial charge in [0, 0.05) is 25.3 Å². The molecule has 0 radical (unpaired) electrons. The number of hydrogen-bond acceptors (Lipinski definition) is 6. The Hall–Kier alpha value is -2.99. The molecule has 0 unspecified atom stereocenters. The van der Waals surface area contributed by atoms with E-state index in [1.165, 1.54) is 11.1 Å². The van der Waals surface area contributed by atoms with Crippen LogP contribution in [-0.2, 0) is 24.0 Å². The molecule has 162 valence electrons. The summed E-state index contributed by atoms with van der Waals surface area (Å²) in [6.45, 7) is 8.86. The fraction of sp³-hybridized carbons (Fsp3) is 0.400. The van der Waals surface area contributed by atoms with E-state index in [0.717, 1.165) is 35.6 Å². The van der Waals surface area contributed by atoms with Gasteiger partial charge in [0.1, 0.15) is 11.5 Å². The lowest BCUT2D eigenvalue weighted by Gasteiger charge is -2.24. The summed E-state index contributed by atoms with van der Waals surface area (Å²) in [4.78, 5) is 14.1. The second kappa shape index (κ2) is 9.43. The van der Waals surface area contributed by atoms with Gasteiger partial charge in [-0.25, -0.2) is 15.0 Å². The maximum Gasteiger partial charge on any atom is 0.243 e. The van der Waals surface area contributed by atoms with Crippen LogP contribution in [0.1, 0.15) is 54.9 Å². The lowest BCUT2D eigenvalue weighted by molar-refractivity contribution is 0.0573. The Bertz CT molecular complexity index is 1040. The molecule has 6 heteroatoms. The third-order valence-electron chi connectivity index (χ3n) is 5.61. The van der Waals surface area contributed by atoms with Gasteiger partial charge in [-0.1, -0.05) is 44.2 Å². The Morgan fingerprint density at radius 1 is 1.00 bits per heavy atom. The van der Waals surface area contributed by atoms with Crippen molar-refractivity contribution in [2.75, 3.05) is 11.9 Å². The van der Waals surface area contributed by atoms with Crippen LogP contribution in [0.2, 0.25) is 0 Å². The fourth-order valence-electron chi connectivity index (χ4n) is 4.02. The van der Waals surface area contributed by atoms with Crippen LogP contribution in [0.5, 0.6) is 11.8 Å². The van der Waals surface area contributed by atoms with E-state index in [1.54, 1.807) is 6.20 Å². The molecule has 2 aromatic heterocycles. The molecule has 0 spiro atoms. The third-order valence-corrected chi connectivity index (χ3v) is 5.61. The Labute approximate surface area is 184 Å². The molecule has 0 amide bonds. The monoisotopic (exact) mass is 418 g/mol. The van der Waals surface area contributed by atoms with Crippen molar-refractivity contribution in [3.05, 3.63) is 70.7 Å². The largest absolute Gasteiger partial charge is 0.419 e. The Balaban J connectivity index is 1.65. The van der Waals surface area contributed by atoms with Crippen molar-refractivity contribution >= 4 is 5.82 Å². The van der Waals surface area contributed by atoms with Gasteiger partial charge >= 0.3 is 0 Å². The summed E-state index contributed by atoms with van der Waals surface area (Å²) in [6.07, 6.45) is 4.22. The van der Waals surface area contributed by atoms with Crippen molar-refractivity contribution in [3.8, 4) is 11.8 Å². The fourth-order valence-corrected chi connectivity index (χ4v) is 4.02. The van der Waals surface area contributed by atoms with E-state index in [2.05, 4.69) is 48.4 Å². The molecule has 0 saturated heterocycles. The van der Waals surface area contributed by atoms with Crippen molar-refractivity contribution in [2.45, 2.75) is 59.1 Å². The molecule has 1 aliphatic rings. The summed E-state index contributed by atoms with van der Waals surface area (Å²) < 4.78 is 12.1. The Morgan fingerprint density at radius 3 is 2.52 bits per heavy atom. The number of fused-ring (bicyclic) bond motifs is 1.